The standard InChI is InChI=1S/C14H16N2O3/c1-2-8-19-14(18)12(10-6-4-3-5-7-10)16-9-11(15)13(16)17/h2-7,11-12H,1,8-9,15H2. The van der Waals surface area contributed by atoms with E-state index in [2.05, 4.69) is 6.58 Å². The first kappa shape index (κ1) is 13.3. The minimum absolute atomic E-state index is 0.121. The molecule has 5 nitrogen and oxygen atoms in total. The largest absolute Gasteiger partial charge is 0.460 e. The van der Waals surface area contributed by atoms with Crippen molar-refractivity contribution in [2.45, 2.75) is 12.1 Å². The van der Waals surface area contributed by atoms with Crippen LogP contribution in [0, 0.1) is 0 Å². The Kier molecular flexibility index (Phi) is 3.97. The lowest BCUT2D eigenvalue weighted by Gasteiger charge is -2.40. The van der Waals surface area contributed by atoms with Crippen LogP contribution in [0.1, 0.15) is 11.6 Å². The number of esters is 1. The monoisotopic (exact) mass is 260 g/mol. The maximum Gasteiger partial charge on any atom is 0.333 e. The first-order chi connectivity index (χ1) is 9.15. The molecule has 0 radical (unpaired) electrons. The van der Waals surface area contributed by atoms with Crippen molar-refractivity contribution >= 4 is 11.9 Å². The first-order valence-electron chi connectivity index (χ1n) is 6.03. The number of hydrogen-bond acceptors (Lipinski definition) is 4. The summed E-state index contributed by atoms with van der Waals surface area (Å²) in [6.07, 6.45) is 1.49. The molecular formula is C14H16N2O3. The fourth-order valence-electron chi connectivity index (χ4n) is 2.01. The van der Waals surface area contributed by atoms with Gasteiger partial charge in [0.1, 0.15) is 12.6 Å². The number of amides is 1. The van der Waals surface area contributed by atoms with Crippen molar-refractivity contribution < 1.29 is 14.3 Å². The van der Waals surface area contributed by atoms with E-state index < -0.39 is 18.1 Å². The normalized spacial score (nSPS) is 19.5. The van der Waals surface area contributed by atoms with Crippen LogP contribution >= 0.6 is 0 Å². The second kappa shape index (κ2) is 5.67. The molecule has 0 saturated carbocycles. The highest BCUT2D eigenvalue weighted by molar-refractivity contribution is 5.92. The molecule has 1 heterocycles. The van der Waals surface area contributed by atoms with E-state index >= 15 is 0 Å². The van der Waals surface area contributed by atoms with Crippen LogP contribution < -0.4 is 5.73 Å². The lowest BCUT2D eigenvalue weighted by Crippen LogP contribution is -2.62. The zero-order chi connectivity index (χ0) is 13.8. The lowest BCUT2D eigenvalue weighted by atomic mass is 9.99. The van der Waals surface area contributed by atoms with Gasteiger partial charge in [0.05, 0.1) is 0 Å². The third-order valence-corrected chi connectivity index (χ3v) is 2.99. The van der Waals surface area contributed by atoms with Gasteiger partial charge in [-0.25, -0.2) is 4.79 Å². The van der Waals surface area contributed by atoms with E-state index in [0.717, 1.165) is 5.56 Å². The Morgan fingerprint density at radius 3 is 2.74 bits per heavy atom. The van der Waals surface area contributed by atoms with Crippen molar-refractivity contribution in [1.29, 1.82) is 0 Å². The van der Waals surface area contributed by atoms with Crippen LogP contribution in [0.2, 0.25) is 0 Å². The van der Waals surface area contributed by atoms with Crippen LogP contribution in [0.25, 0.3) is 0 Å². The van der Waals surface area contributed by atoms with E-state index in [4.69, 9.17) is 10.5 Å². The summed E-state index contributed by atoms with van der Waals surface area (Å²) >= 11 is 0. The maximum absolute atomic E-state index is 12.1. The molecule has 2 rings (SSSR count). The van der Waals surface area contributed by atoms with Crippen LogP contribution in [0.5, 0.6) is 0 Å². The molecule has 0 spiro atoms. The highest BCUT2D eigenvalue weighted by Gasteiger charge is 2.42. The van der Waals surface area contributed by atoms with Crippen molar-refractivity contribution in [1.82, 2.24) is 4.90 Å². The average molecular weight is 260 g/mol. The maximum atomic E-state index is 12.1. The van der Waals surface area contributed by atoms with Gasteiger partial charge in [-0.15, -0.1) is 0 Å². The van der Waals surface area contributed by atoms with Crippen molar-refractivity contribution in [3.8, 4) is 0 Å². The van der Waals surface area contributed by atoms with Crippen molar-refractivity contribution in [2.75, 3.05) is 13.2 Å². The summed E-state index contributed by atoms with van der Waals surface area (Å²) < 4.78 is 5.06. The lowest BCUT2D eigenvalue weighted by molar-refractivity contribution is -0.161. The average Bonchev–Trinajstić information content (AvgIpc) is 2.45. The van der Waals surface area contributed by atoms with Gasteiger partial charge in [-0.1, -0.05) is 43.0 Å². The van der Waals surface area contributed by atoms with Gasteiger partial charge in [0.2, 0.25) is 5.91 Å². The second-order valence-electron chi connectivity index (χ2n) is 4.33. The number of carbonyl (C=O) groups excluding carboxylic acids is 2. The molecule has 1 aromatic rings. The zero-order valence-electron chi connectivity index (χ0n) is 10.5. The molecule has 2 N–H and O–H groups in total. The summed E-state index contributed by atoms with van der Waals surface area (Å²) in [4.78, 5) is 25.2. The number of likely N-dealkylation sites (tertiary alicyclic amines) is 1. The predicted molar refractivity (Wildman–Crippen MR) is 70.0 cm³/mol. The summed E-state index contributed by atoms with van der Waals surface area (Å²) in [5.74, 6) is -0.698. The molecule has 0 bridgehead atoms. The van der Waals surface area contributed by atoms with Crippen molar-refractivity contribution in [3.05, 3.63) is 48.6 Å². The number of benzene rings is 1. The van der Waals surface area contributed by atoms with E-state index in [1.54, 1.807) is 12.1 Å². The van der Waals surface area contributed by atoms with E-state index in [9.17, 15) is 9.59 Å². The summed E-state index contributed by atoms with van der Waals surface area (Å²) in [5.41, 5.74) is 6.29. The van der Waals surface area contributed by atoms with Crippen LogP contribution in [0.15, 0.2) is 43.0 Å². The van der Waals surface area contributed by atoms with Crippen LogP contribution in [0.3, 0.4) is 0 Å². The Labute approximate surface area is 111 Å². The molecule has 1 fully saturated rings. The molecule has 1 aliphatic rings. The summed E-state index contributed by atoms with van der Waals surface area (Å²) in [7, 11) is 0. The highest BCUT2D eigenvalue weighted by atomic mass is 16.5. The molecule has 1 aromatic carbocycles. The zero-order valence-corrected chi connectivity index (χ0v) is 10.5. The van der Waals surface area contributed by atoms with E-state index in [1.165, 1.54) is 11.0 Å². The number of nitrogens with two attached hydrogens (primary N) is 1. The predicted octanol–water partition coefficient (Wildman–Crippen LogP) is 0.626. The number of β-lactam (4-membered cyclic amide) rings is 1. The molecule has 0 aliphatic carbocycles. The molecule has 19 heavy (non-hydrogen) atoms. The Bertz CT molecular complexity index is 487. The third kappa shape index (κ3) is 2.66. The van der Waals surface area contributed by atoms with Crippen molar-refractivity contribution in [2.24, 2.45) is 5.73 Å². The molecule has 1 aliphatic heterocycles. The third-order valence-electron chi connectivity index (χ3n) is 2.99. The summed E-state index contributed by atoms with van der Waals surface area (Å²) in [5, 5.41) is 0. The Morgan fingerprint density at radius 2 is 2.21 bits per heavy atom. The van der Waals surface area contributed by atoms with Gasteiger partial charge in [0, 0.05) is 6.54 Å². The Hall–Kier alpha value is -2.14. The van der Waals surface area contributed by atoms with E-state index in [1.807, 2.05) is 18.2 Å². The minimum atomic E-state index is -0.728. The number of rotatable bonds is 5. The van der Waals surface area contributed by atoms with E-state index in [-0.39, 0.29) is 12.5 Å². The first-order valence-corrected chi connectivity index (χ1v) is 6.03. The number of hydrogen-bond donors (Lipinski definition) is 1. The fraction of sp³-hybridized carbons (Fsp3) is 0.286. The highest BCUT2D eigenvalue weighted by Crippen LogP contribution is 2.27. The Morgan fingerprint density at radius 1 is 1.53 bits per heavy atom. The summed E-state index contributed by atoms with van der Waals surface area (Å²) in [6.45, 7) is 3.98. The molecule has 2 atom stereocenters. The van der Waals surface area contributed by atoms with Gasteiger partial charge in [0.25, 0.3) is 0 Å². The molecule has 1 amide bonds. The number of ether oxygens (including phenoxy) is 1. The number of carbonyl (C=O) groups is 2. The van der Waals surface area contributed by atoms with Crippen LogP contribution in [-0.2, 0) is 14.3 Å². The van der Waals surface area contributed by atoms with Gasteiger partial charge in [-0.05, 0) is 5.56 Å². The second-order valence-corrected chi connectivity index (χ2v) is 4.33. The topological polar surface area (TPSA) is 72.6 Å². The van der Waals surface area contributed by atoms with E-state index in [0.29, 0.717) is 6.54 Å². The smallest absolute Gasteiger partial charge is 0.333 e. The molecule has 0 aromatic heterocycles. The van der Waals surface area contributed by atoms with Gasteiger partial charge in [-0.2, -0.15) is 0 Å². The van der Waals surface area contributed by atoms with Gasteiger partial charge in [0.15, 0.2) is 6.04 Å². The van der Waals surface area contributed by atoms with Gasteiger partial charge in [-0.3, -0.25) is 4.79 Å². The molecule has 2 unspecified atom stereocenters. The van der Waals surface area contributed by atoms with Crippen LogP contribution in [0.4, 0.5) is 0 Å². The Balaban J connectivity index is 2.21. The quantitative estimate of drug-likeness (QED) is 0.479. The van der Waals surface area contributed by atoms with Crippen LogP contribution in [-0.4, -0.2) is 36.0 Å². The van der Waals surface area contributed by atoms with Gasteiger partial charge >= 0.3 is 5.97 Å². The van der Waals surface area contributed by atoms with Crippen molar-refractivity contribution in [3.63, 3.8) is 0 Å². The number of nitrogens with zero attached hydrogens (tertiary/aromatic N) is 1. The fourth-order valence-corrected chi connectivity index (χ4v) is 2.01. The SMILES string of the molecule is C=CCOC(=O)C(c1ccccc1)N1CC(N)C1=O. The molecular weight excluding hydrogens is 244 g/mol. The summed E-state index contributed by atoms with van der Waals surface area (Å²) in [6, 6.07) is 7.81. The van der Waals surface area contributed by atoms with Gasteiger partial charge < -0.3 is 15.4 Å². The molecule has 5 heteroatoms. The molecule has 1 saturated heterocycles. The minimum Gasteiger partial charge on any atom is -0.460 e. The molecule has 100 valence electrons.